The summed E-state index contributed by atoms with van der Waals surface area (Å²) in [6.45, 7) is 0. The Bertz CT molecular complexity index is 848. The van der Waals surface area contributed by atoms with Gasteiger partial charge >= 0.3 is 6.18 Å². The number of nitrogens with zero attached hydrogens (tertiary/aromatic N) is 2. The third-order valence-electron chi connectivity index (χ3n) is 4.22. The number of halogens is 3. The van der Waals surface area contributed by atoms with Gasteiger partial charge in [0.05, 0.1) is 11.4 Å². The van der Waals surface area contributed by atoms with Crippen LogP contribution < -0.4 is 0 Å². The van der Waals surface area contributed by atoms with Gasteiger partial charge in [0, 0.05) is 11.1 Å². The molecule has 0 spiro atoms. The quantitative estimate of drug-likeness (QED) is 0.626. The molecule has 1 aliphatic carbocycles. The molecular formula is C19H15F3N2. The normalized spacial score (nSPS) is 14.8. The number of benzene rings is 2. The van der Waals surface area contributed by atoms with Crippen LogP contribution in [0.25, 0.3) is 16.9 Å². The molecule has 0 bridgehead atoms. The maximum atomic E-state index is 13.6. The second kappa shape index (κ2) is 5.51. The first-order chi connectivity index (χ1) is 11.6. The Balaban J connectivity index is 2.03. The maximum absolute atomic E-state index is 13.6. The van der Waals surface area contributed by atoms with Crippen LogP contribution in [-0.2, 0) is 6.18 Å². The number of rotatable bonds is 3. The number of hydrogen-bond donors (Lipinski definition) is 0. The molecule has 1 fully saturated rings. The fourth-order valence-corrected chi connectivity index (χ4v) is 3.03. The number of aromatic nitrogens is 2. The lowest BCUT2D eigenvalue weighted by molar-refractivity contribution is -0.142. The molecule has 0 unspecified atom stereocenters. The average molecular weight is 328 g/mol. The summed E-state index contributed by atoms with van der Waals surface area (Å²) < 4.78 is 42.2. The van der Waals surface area contributed by atoms with E-state index in [4.69, 9.17) is 0 Å². The molecule has 1 saturated carbocycles. The minimum Gasteiger partial charge on any atom is -0.232 e. The summed E-state index contributed by atoms with van der Waals surface area (Å²) in [4.78, 5) is 0. The molecule has 2 aromatic carbocycles. The Morgan fingerprint density at radius 1 is 0.875 bits per heavy atom. The van der Waals surface area contributed by atoms with Gasteiger partial charge in [-0.05, 0) is 30.9 Å². The van der Waals surface area contributed by atoms with Crippen molar-refractivity contribution < 1.29 is 13.2 Å². The lowest BCUT2D eigenvalue weighted by atomic mass is 10.0. The first-order valence-electron chi connectivity index (χ1n) is 7.86. The number of hydrogen-bond acceptors (Lipinski definition) is 1. The summed E-state index contributed by atoms with van der Waals surface area (Å²) in [7, 11) is 0. The first kappa shape index (κ1) is 15.0. The molecule has 0 radical (unpaired) electrons. The SMILES string of the molecule is FC(F)(F)c1nn(-c2ccccc2)c(-c2ccccc2)c1C1CC1. The molecule has 3 aromatic rings. The van der Waals surface area contributed by atoms with Crippen LogP contribution in [0.2, 0.25) is 0 Å². The van der Waals surface area contributed by atoms with Gasteiger partial charge in [0.15, 0.2) is 5.69 Å². The molecule has 5 heteroatoms. The van der Waals surface area contributed by atoms with Crippen molar-refractivity contribution in [3.05, 3.63) is 71.9 Å². The zero-order valence-electron chi connectivity index (χ0n) is 12.8. The molecule has 24 heavy (non-hydrogen) atoms. The van der Waals surface area contributed by atoms with Crippen LogP contribution in [0, 0.1) is 0 Å². The zero-order valence-corrected chi connectivity index (χ0v) is 12.8. The fraction of sp³-hybridized carbons (Fsp3) is 0.211. The van der Waals surface area contributed by atoms with E-state index in [2.05, 4.69) is 5.10 Å². The monoisotopic (exact) mass is 328 g/mol. The van der Waals surface area contributed by atoms with Gasteiger partial charge in [0.1, 0.15) is 0 Å². The zero-order chi connectivity index (χ0) is 16.7. The summed E-state index contributed by atoms with van der Waals surface area (Å²) in [6, 6.07) is 18.2. The van der Waals surface area contributed by atoms with Crippen LogP contribution in [0.3, 0.4) is 0 Å². The summed E-state index contributed by atoms with van der Waals surface area (Å²) >= 11 is 0. The lowest BCUT2D eigenvalue weighted by Gasteiger charge is -2.10. The van der Waals surface area contributed by atoms with E-state index in [0.717, 1.165) is 18.4 Å². The highest BCUT2D eigenvalue weighted by Crippen LogP contribution is 2.50. The topological polar surface area (TPSA) is 17.8 Å². The van der Waals surface area contributed by atoms with E-state index in [9.17, 15) is 13.2 Å². The standard InChI is InChI=1S/C19H15F3N2/c20-19(21,22)18-16(13-11-12-13)17(14-7-3-1-4-8-14)24(23-18)15-9-5-2-6-10-15/h1-10,13H,11-12H2. The van der Waals surface area contributed by atoms with Crippen molar-refractivity contribution in [2.75, 3.05) is 0 Å². The van der Waals surface area contributed by atoms with Crippen LogP contribution in [0.1, 0.15) is 30.0 Å². The average Bonchev–Trinajstić information content (AvgIpc) is 3.34. The molecule has 1 aromatic heterocycles. The molecule has 4 rings (SSSR count). The van der Waals surface area contributed by atoms with Gasteiger partial charge in [-0.3, -0.25) is 0 Å². The molecule has 0 saturated heterocycles. The molecule has 1 aliphatic rings. The Labute approximate surface area is 137 Å². The smallest absolute Gasteiger partial charge is 0.232 e. The molecule has 122 valence electrons. The molecule has 0 aliphatic heterocycles. The third kappa shape index (κ3) is 2.60. The van der Waals surface area contributed by atoms with Crippen LogP contribution in [-0.4, -0.2) is 9.78 Å². The highest BCUT2D eigenvalue weighted by molar-refractivity contribution is 5.69. The van der Waals surface area contributed by atoms with E-state index in [-0.39, 0.29) is 5.92 Å². The van der Waals surface area contributed by atoms with Crippen molar-refractivity contribution in [1.82, 2.24) is 9.78 Å². The predicted molar refractivity (Wildman–Crippen MR) is 86.0 cm³/mol. The van der Waals surface area contributed by atoms with Crippen molar-refractivity contribution in [2.24, 2.45) is 0 Å². The second-order valence-corrected chi connectivity index (χ2v) is 6.00. The Morgan fingerprint density at radius 2 is 1.46 bits per heavy atom. The van der Waals surface area contributed by atoms with E-state index >= 15 is 0 Å². The Kier molecular flexibility index (Phi) is 3.44. The van der Waals surface area contributed by atoms with Crippen molar-refractivity contribution in [3.63, 3.8) is 0 Å². The molecule has 0 N–H and O–H groups in total. The molecular weight excluding hydrogens is 313 g/mol. The summed E-state index contributed by atoms with van der Waals surface area (Å²) in [5.41, 5.74) is 1.52. The highest BCUT2D eigenvalue weighted by atomic mass is 19.4. The van der Waals surface area contributed by atoms with E-state index in [1.165, 1.54) is 4.68 Å². The van der Waals surface area contributed by atoms with E-state index < -0.39 is 11.9 Å². The van der Waals surface area contributed by atoms with Crippen molar-refractivity contribution >= 4 is 0 Å². The minimum absolute atomic E-state index is 0.0608. The van der Waals surface area contributed by atoms with Gasteiger partial charge in [0.25, 0.3) is 0 Å². The highest BCUT2D eigenvalue weighted by Gasteiger charge is 2.44. The van der Waals surface area contributed by atoms with Gasteiger partial charge in [-0.2, -0.15) is 18.3 Å². The summed E-state index contributed by atoms with van der Waals surface area (Å²) in [6.07, 6.45) is -2.89. The predicted octanol–water partition coefficient (Wildman–Crippen LogP) is 5.44. The Morgan fingerprint density at radius 3 is 2.00 bits per heavy atom. The van der Waals surface area contributed by atoms with Gasteiger partial charge in [0.2, 0.25) is 0 Å². The van der Waals surface area contributed by atoms with Gasteiger partial charge in [-0.25, -0.2) is 4.68 Å². The molecule has 1 heterocycles. The van der Waals surface area contributed by atoms with Crippen LogP contribution >= 0.6 is 0 Å². The summed E-state index contributed by atoms with van der Waals surface area (Å²) in [5, 5.41) is 3.98. The van der Waals surface area contributed by atoms with Crippen molar-refractivity contribution in [2.45, 2.75) is 24.9 Å². The molecule has 2 nitrogen and oxygen atoms in total. The number of para-hydroxylation sites is 1. The number of alkyl halides is 3. The van der Waals surface area contributed by atoms with E-state index in [0.29, 0.717) is 16.9 Å². The van der Waals surface area contributed by atoms with Crippen molar-refractivity contribution in [1.29, 1.82) is 0 Å². The minimum atomic E-state index is -4.46. The van der Waals surface area contributed by atoms with E-state index in [1.54, 1.807) is 24.3 Å². The molecule has 0 atom stereocenters. The van der Waals surface area contributed by atoms with Crippen LogP contribution in [0.4, 0.5) is 13.2 Å². The lowest BCUT2D eigenvalue weighted by Crippen LogP contribution is -2.09. The molecule has 0 amide bonds. The van der Waals surface area contributed by atoms with Gasteiger partial charge < -0.3 is 0 Å². The third-order valence-corrected chi connectivity index (χ3v) is 4.22. The van der Waals surface area contributed by atoms with Crippen LogP contribution in [0.5, 0.6) is 0 Å². The maximum Gasteiger partial charge on any atom is 0.435 e. The summed E-state index contributed by atoms with van der Waals surface area (Å²) in [5.74, 6) is -0.0608. The first-order valence-corrected chi connectivity index (χ1v) is 7.86. The fourth-order valence-electron chi connectivity index (χ4n) is 3.03. The van der Waals surface area contributed by atoms with Crippen molar-refractivity contribution in [3.8, 4) is 16.9 Å². The van der Waals surface area contributed by atoms with Gasteiger partial charge in [-0.1, -0.05) is 48.5 Å². The largest absolute Gasteiger partial charge is 0.435 e. The van der Waals surface area contributed by atoms with E-state index in [1.807, 2.05) is 36.4 Å². The second-order valence-electron chi connectivity index (χ2n) is 6.00. The van der Waals surface area contributed by atoms with Gasteiger partial charge in [-0.15, -0.1) is 0 Å². The Hall–Kier alpha value is -2.56. The van der Waals surface area contributed by atoms with Crippen LogP contribution in [0.15, 0.2) is 60.7 Å².